The van der Waals surface area contributed by atoms with Crippen molar-refractivity contribution in [2.45, 2.75) is 20.1 Å². The van der Waals surface area contributed by atoms with Gasteiger partial charge >= 0.3 is 5.97 Å². The van der Waals surface area contributed by atoms with Gasteiger partial charge in [0, 0.05) is 0 Å². The Morgan fingerprint density at radius 2 is 2.07 bits per heavy atom. The average molecular weight is 388 g/mol. The molecule has 0 radical (unpaired) electrons. The number of rotatable bonds is 6. The second-order valence-electron chi connectivity index (χ2n) is 5.82. The van der Waals surface area contributed by atoms with E-state index in [-0.39, 0.29) is 13.2 Å². The molecule has 3 aromatic rings. The number of methoxy groups -OCH3 is 1. The van der Waals surface area contributed by atoms with E-state index in [4.69, 9.17) is 21.1 Å². The Labute approximate surface area is 161 Å². The van der Waals surface area contributed by atoms with Gasteiger partial charge in [-0.2, -0.15) is 0 Å². The van der Waals surface area contributed by atoms with Crippen molar-refractivity contribution in [3.8, 4) is 11.4 Å². The molecule has 1 N–H and O–H groups in total. The van der Waals surface area contributed by atoms with Gasteiger partial charge in [0.1, 0.15) is 18.1 Å². The molecule has 0 atom stereocenters. The Kier molecular flexibility index (Phi) is 5.73. The van der Waals surface area contributed by atoms with E-state index in [1.807, 2.05) is 25.1 Å². The Morgan fingerprint density at radius 3 is 2.78 bits per heavy atom. The molecule has 2 aromatic carbocycles. The van der Waals surface area contributed by atoms with Crippen LogP contribution in [0.4, 0.5) is 0 Å². The molecule has 0 aliphatic rings. The highest BCUT2D eigenvalue weighted by Gasteiger charge is 2.15. The summed E-state index contributed by atoms with van der Waals surface area (Å²) < 4.78 is 12.1. The number of para-hydroxylation sites is 1. The molecule has 0 aliphatic heterocycles. The van der Waals surface area contributed by atoms with E-state index < -0.39 is 5.97 Å². The molecule has 0 amide bonds. The second-order valence-corrected chi connectivity index (χ2v) is 6.23. The smallest absolute Gasteiger partial charge is 0.338 e. The molecule has 8 heteroatoms. The first-order valence-electron chi connectivity index (χ1n) is 8.15. The summed E-state index contributed by atoms with van der Waals surface area (Å²) in [5, 5.41) is 18.2. The quantitative estimate of drug-likeness (QED) is 0.654. The molecule has 0 spiro atoms. The van der Waals surface area contributed by atoms with Crippen LogP contribution in [-0.2, 0) is 18.0 Å². The van der Waals surface area contributed by atoms with Crippen LogP contribution >= 0.6 is 11.6 Å². The number of hydrogen-bond acceptors (Lipinski definition) is 6. The van der Waals surface area contributed by atoms with Crippen LogP contribution in [0.3, 0.4) is 0 Å². The molecule has 0 saturated heterocycles. The van der Waals surface area contributed by atoms with Gasteiger partial charge in [-0.25, -0.2) is 9.48 Å². The summed E-state index contributed by atoms with van der Waals surface area (Å²) >= 11 is 6.17. The molecule has 0 aliphatic carbocycles. The number of esters is 1. The first-order chi connectivity index (χ1) is 13.0. The highest BCUT2D eigenvalue weighted by molar-refractivity contribution is 6.32. The third-order valence-electron chi connectivity index (χ3n) is 3.99. The SMILES string of the molecule is COC(=O)c1cc(C)c(OCc2cn(-c3ccccc3Cl)nn2)cc1CO. The van der Waals surface area contributed by atoms with E-state index >= 15 is 0 Å². The predicted molar refractivity (Wildman–Crippen MR) is 99.1 cm³/mol. The molecule has 0 bridgehead atoms. The summed E-state index contributed by atoms with van der Waals surface area (Å²) in [7, 11) is 1.30. The zero-order chi connectivity index (χ0) is 19.4. The molecule has 0 saturated carbocycles. The summed E-state index contributed by atoms with van der Waals surface area (Å²) in [6.07, 6.45) is 1.73. The number of ether oxygens (including phenoxy) is 2. The van der Waals surface area contributed by atoms with Gasteiger partial charge in [0.05, 0.1) is 36.2 Å². The van der Waals surface area contributed by atoms with Gasteiger partial charge in [0.25, 0.3) is 0 Å². The lowest BCUT2D eigenvalue weighted by atomic mass is 10.0. The van der Waals surface area contributed by atoms with Gasteiger partial charge in [-0.05, 0) is 42.3 Å². The predicted octanol–water partition coefficient (Wildman–Crippen LogP) is 3.09. The summed E-state index contributed by atoms with van der Waals surface area (Å²) in [5.74, 6) is 0.0374. The van der Waals surface area contributed by atoms with Crippen LogP contribution < -0.4 is 4.74 Å². The van der Waals surface area contributed by atoms with Gasteiger partial charge in [-0.3, -0.25) is 0 Å². The molecule has 1 aromatic heterocycles. The van der Waals surface area contributed by atoms with Gasteiger partial charge in [-0.1, -0.05) is 28.9 Å². The molecule has 0 unspecified atom stereocenters. The number of aliphatic hydroxyl groups is 1. The van der Waals surface area contributed by atoms with Crippen LogP contribution in [-0.4, -0.2) is 33.2 Å². The number of carbonyl (C=O) groups is 1. The Balaban J connectivity index is 1.78. The van der Waals surface area contributed by atoms with Crippen LogP contribution in [0.1, 0.15) is 27.2 Å². The Morgan fingerprint density at radius 1 is 1.30 bits per heavy atom. The average Bonchev–Trinajstić information content (AvgIpc) is 3.15. The van der Waals surface area contributed by atoms with Crippen molar-refractivity contribution in [3.05, 3.63) is 70.0 Å². The standard InChI is InChI=1S/C19H18ClN3O4/c1-12-7-15(19(25)26-2)13(10-24)8-18(12)27-11-14-9-23(22-21-14)17-6-4-3-5-16(17)20/h3-9,24H,10-11H2,1-2H3. The minimum absolute atomic E-state index is 0.174. The Bertz CT molecular complexity index is 971. The maximum atomic E-state index is 11.8. The lowest BCUT2D eigenvalue weighted by molar-refractivity contribution is 0.0597. The van der Waals surface area contributed by atoms with Crippen molar-refractivity contribution < 1.29 is 19.4 Å². The number of carbonyl (C=O) groups excluding carboxylic acids is 1. The zero-order valence-corrected chi connectivity index (χ0v) is 15.6. The number of halogens is 1. The van der Waals surface area contributed by atoms with Crippen molar-refractivity contribution in [1.82, 2.24) is 15.0 Å². The molecule has 7 nitrogen and oxygen atoms in total. The van der Waals surface area contributed by atoms with Crippen LogP contribution in [0.25, 0.3) is 5.69 Å². The van der Waals surface area contributed by atoms with Crippen molar-refractivity contribution in [2.24, 2.45) is 0 Å². The van der Waals surface area contributed by atoms with Crippen LogP contribution in [0, 0.1) is 6.92 Å². The molecule has 1 heterocycles. The monoisotopic (exact) mass is 387 g/mol. The summed E-state index contributed by atoms with van der Waals surface area (Å²) in [6, 6.07) is 10.6. The van der Waals surface area contributed by atoms with E-state index in [1.165, 1.54) is 7.11 Å². The topological polar surface area (TPSA) is 86.5 Å². The number of hydrogen-bond donors (Lipinski definition) is 1. The van der Waals surface area contributed by atoms with Crippen LogP contribution in [0.2, 0.25) is 5.02 Å². The van der Waals surface area contributed by atoms with Gasteiger partial charge in [0.15, 0.2) is 0 Å². The maximum Gasteiger partial charge on any atom is 0.338 e. The van der Waals surface area contributed by atoms with E-state index in [2.05, 4.69) is 10.3 Å². The van der Waals surface area contributed by atoms with Crippen molar-refractivity contribution >= 4 is 17.6 Å². The van der Waals surface area contributed by atoms with Crippen molar-refractivity contribution in [2.75, 3.05) is 7.11 Å². The highest BCUT2D eigenvalue weighted by atomic mass is 35.5. The first kappa shape index (κ1) is 18.9. The van der Waals surface area contributed by atoms with Crippen molar-refractivity contribution in [3.63, 3.8) is 0 Å². The largest absolute Gasteiger partial charge is 0.487 e. The molecular formula is C19H18ClN3O4. The van der Waals surface area contributed by atoms with Gasteiger partial charge < -0.3 is 14.6 Å². The van der Waals surface area contributed by atoms with Gasteiger partial charge in [0.2, 0.25) is 0 Å². The van der Waals surface area contributed by atoms with E-state index in [1.54, 1.807) is 29.1 Å². The lowest BCUT2D eigenvalue weighted by Gasteiger charge is -2.12. The molecule has 140 valence electrons. The maximum absolute atomic E-state index is 11.8. The third kappa shape index (κ3) is 4.10. The fourth-order valence-electron chi connectivity index (χ4n) is 2.59. The normalized spacial score (nSPS) is 10.7. The summed E-state index contributed by atoms with van der Waals surface area (Å²) in [4.78, 5) is 11.8. The molecule has 27 heavy (non-hydrogen) atoms. The molecule has 3 rings (SSSR count). The molecular weight excluding hydrogens is 370 g/mol. The van der Waals surface area contributed by atoms with E-state index in [0.29, 0.717) is 27.6 Å². The minimum atomic E-state index is -0.503. The highest BCUT2D eigenvalue weighted by Crippen LogP contribution is 2.25. The lowest BCUT2D eigenvalue weighted by Crippen LogP contribution is -2.08. The minimum Gasteiger partial charge on any atom is -0.487 e. The number of benzene rings is 2. The second kappa shape index (κ2) is 8.20. The van der Waals surface area contributed by atoms with E-state index in [0.717, 1.165) is 11.3 Å². The summed E-state index contributed by atoms with van der Waals surface area (Å²) in [6.45, 7) is 1.68. The number of nitrogens with zero attached hydrogens (tertiary/aromatic N) is 3. The number of aromatic nitrogens is 3. The fourth-order valence-corrected chi connectivity index (χ4v) is 2.81. The number of aryl methyl sites for hydroxylation is 1. The number of aliphatic hydroxyl groups excluding tert-OH is 1. The van der Waals surface area contributed by atoms with E-state index in [9.17, 15) is 9.90 Å². The van der Waals surface area contributed by atoms with Gasteiger partial charge in [-0.15, -0.1) is 5.10 Å². The third-order valence-corrected chi connectivity index (χ3v) is 4.31. The summed E-state index contributed by atoms with van der Waals surface area (Å²) in [5.41, 5.74) is 2.82. The van der Waals surface area contributed by atoms with Crippen molar-refractivity contribution in [1.29, 1.82) is 0 Å². The zero-order valence-electron chi connectivity index (χ0n) is 14.8. The van der Waals surface area contributed by atoms with Crippen LogP contribution in [0.5, 0.6) is 5.75 Å². The fraction of sp³-hybridized carbons (Fsp3) is 0.211. The van der Waals surface area contributed by atoms with Crippen LogP contribution in [0.15, 0.2) is 42.6 Å². The Hall–Kier alpha value is -2.90. The first-order valence-corrected chi connectivity index (χ1v) is 8.53. The molecule has 0 fully saturated rings.